The van der Waals surface area contributed by atoms with Crippen molar-refractivity contribution >= 4 is 0 Å². The van der Waals surface area contributed by atoms with Crippen molar-refractivity contribution in [1.29, 1.82) is 0 Å². The summed E-state index contributed by atoms with van der Waals surface area (Å²) < 4.78 is 15.5. The standard InChI is InChI=1S/C19H24FN7/c20-17-5-1-4-15(7-17)19-16(9-22-24-19)12-26-6-2-3-14(10-26)11-27-13-18(8-21)23-25-27/h1,4-5,7,9,13-14H,2-3,6,8,10-12,21H2,(H,22,24). The summed E-state index contributed by atoms with van der Waals surface area (Å²) in [7, 11) is 0. The minimum atomic E-state index is -0.240. The number of piperidine rings is 1. The van der Waals surface area contributed by atoms with Gasteiger partial charge in [0.2, 0.25) is 0 Å². The van der Waals surface area contributed by atoms with Gasteiger partial charge in [0.15, 0.2) is 0 Å². The van der Waals surface area contributed by atoms with Crippen LogP contribution in [0.5, 0.6) is 0 Å². The Kier molecular flexibility index (Phi) is 5.26. The third kappa shape index (κ3) is 4.23. The third-order valence-electron chi connectivity index (χ3n) is 5.07. The predicted molar refractivity (Wildman–Crippen MR) is 99.9 cm³/mol. The van der Waals surface area contributed by atoms with Crippen molar-refractivity contribution < 1.29 is 4.39 Å². The number of aromatic amines is 1. The van der Waals surface area contributed by atoms with Gasteiger partial charge in [0.25, 0.3) is 0 Å². The molecule has 2 aromatic heterocycles. The summed E-state index contributed by atoms with van der Waals surface area (Å²) in [4.78, 5) is 2.43. The Morgan fingerprint density at radius 2 is 2.26 bits per heavy atom. The van der Waals surface area contributed by atoms with Gasteiger partial charge in [-0.2, -0.15) is 5.10 Å². The number of nitrogens with two attached hydrogens (primary N) is 1. The fraction of sp³-hybridized carbons (Fsp3) is 0.421. The third-order valence-corrected chi connectivity index (χ3v) is 5.07. The van der Waals surface area contributed by atoms with Crippen LogP contribution < -0.4 is 5.73 Å². The fourth-order valence-electron chi connectivity index (χ4n) is 3.80. The van der Waals surface area contributed by atoms with Gasteiger partial charge in [-0.1, -0.05) is 17.3 Å². The van der Waals surface area contributed by atoms with E-state index in [1.165, 1.54) is 18.6 Å². The van der Waals surface area contributed by atoms with Crippen LogP contribution in [0.4, 0.5) is 4.39 Å². The van der Waals surface area contributed by atoms with Gasteiger partial charge in [0.05, 0.1) is 17.6 Å². The zero-order valence-corrected chi connectivity index (χ0v) is 15.2. The number of nitrogens with zero attached hydrogens (tertiary/aromatic N) is 5. The Bertz CT molecular complexity index is 888. The van der Waals surface area contributed by atoms with Crippen LogP contribution in [0.2, 0.25) is 0 Å². The number of nitrogens with one attached hydrogen (secondary N) is 1. The van der Waals surface area contributed by atoms with Gasteiger partial charge in [0.1, 0.15) is 5.82 Å². The van der Waals surface area contributed by atoms with E-state index in [9.17, 15) is 4.39 Å². The largest absolute Gasteiger partial charge is 0.325 e. The van der Waals surface area contributed by atoms with Crippen molar-refractivity contribution in [3.63, 3.8) is 0 Å². The SMILES string of the molecule is NCc1cn(CC2CCCN(Cc3cn[nH]c3-c3cccc(F)c3)C2)nn1. The Morgan fingerprint density at radius 1 is 1.33 bits per heavy atom. The number of benzene rings is 1. The van der Waals surface area contributed by atoms with Crippen LogP contribution in [-0.4, -0.2) is 43.2 Å². The second-order valence-electron chi connectivity index (χ2n) is 7.16. The van der Waals surface area contributed by atoms with Gasteiger partial charge in [-0.05, 0) is 37.4 Å². The lowest BCUT2D eigenvalue weighted by Crippen LogP contribution is -2.36. The fourth-order valence-corrected chi connectivity index (χ4v) is 3.80. The lowest BCUT2D eigenvalue weighted by molar-refractivity contribution is 0.153. The lowest BCUT2D eigenvalue weighted by atomic mass is 9.97. The first-order valence-corrected chi connectivity index (χ1v) is 9.31. The average Bonchev–Trinajstić information content (AvgIpc) is 3.31. The molecule has 1 fully saturated rings. The molecule has 1 atom stereocenters. The summed E-state index contributed by atoms with van der Waals surface area (Å²) in [6.07, 6.45) is 6.10. The van der Waals surface area contributed by atoms with Crippen LogP contribution in [0.15, 0.2) is 36.7 Å². The Balaban J connectivity index is 1.42. The maximum Gasteiger partial charge on any atom is 0.123 e. The van der Waals surface area contributed by atoms with E-state index < -0.39 is 0 Å². The number of halogens is 1. The van der Waals surface area contributed by atoms with E-state index >= 15 is 0 Å². The van der Waals surface area contributed by atoms with Crippen molar-refractivity contribution in [2.75, 3.05) is 13.1 Å². The van der Waals surface area contributed by atoms with Crippen molar-refractivity contribution in [2.24, 2.45) is 11.7 Å². The molecule has 3 heterocycles. The maximum atomic E-state index is 13.6. The first-order chi connectivity index (χ1) is 13.2. The molecule has 27 heavy (non-hydrogen) atoms. The summed E-state index contributed by atoms with van der Waals surface area (Å²) in [6.45, 7) is 4.11. The molecule has 0 amide bonds. The molecule has 1 aliphatic heterocycles. The molecule has 142 valence electrons. The summed E-state index contributed by atoms with van der Waals surface area (Å²) in [6, 6.07) is 6.61. The van der Waals surface area contributed by atoms with Gasteiger partial charge in [-0.3, -0.25) is 14.7 Å². The highest BCUT2D eigenvalue weighted by atomic mass is 19.1. The minimum absolute atomic E-state index is 0.240. The Labute approximate surface area is 157 Å². The molecule has 7 nitrogen and oxygen atoms in total. The molecule has 1 unspecified atom stereocenters. The zero-order valence-electron chi connectivity index (χ0n) is 15.2. The van der Waals surface area contributed by atoms with Crippen molar-refractivity contribution in [1.82, 2.24) is 30.1 Å². The van der Waals surface area contributed by atoms with E-state index in [0.29, 0.717) is 12.5 Å². The smallest absolute Gasteiger partial charge is 0.123 e. The predicted octanol–water partition coefficient (Wildman–Crippen LogP) is 2.18. The van der Waals surface area contributed by atoms with E-state index in [-0.39, 0.29) is 5.82 Å². The number of aromatic nitrogens is 5. The molecule has 0 bridgehead atoms. The van der Waals surface area contributed by atoms with Crippen molar-refractivity contribution in [3.05, 3.63) is 53.7 Å². The molecule has 0 aliphatic carbocycles. The van der Waals surface area contributed by atoms with Crippen LogP contribution >= 0.6 is 0 Å². The monoisotopic (exact) mass is 369 g/mol. The van der Waals surface area contributed by atoms with Crippen molar-refractivity contribution in [3.8, 4) is 11.3 Å². The molecule has 0 spiro atoms. The van der Waals surface area contributed by atoms with Gasteiger partial charge in [-0.25, -0.2) is 4.39 Å². The number of rotatable bonds is 6. The second-order valence-corrected chi connectivity index (χ2v) is 7.16. The summed E-state index contributed by atoms with van der Waals surface area (Å²) in [5, 5.41) is 15.4. The zero-order chi connectivity index (χ0) is 18.6. The lowest BCUT2D eigenvalue weighted by Gasteiger charge is -2.32. The van der Waals surface area contributed by atoms with Gasteiger partial charge in [0, 0.05) is 43.5 Å². The highest BCUT2D eigenvalue weighted by molar-refractivity contribution is 5.62. The molecule has 3 aromatic rings. The van der Waals surface area contributed by atoms with Crippen LogP contribution in [0.1, 0.15) is 24.1 Å². The summed E-state index contributed by atoms with van der Waals surface area (Å²) in [5.74, 6) is 0.284. The number of hydrogen-bond acceptors (Lipinski definition) is 5. The normalized spacial score (nSPS) is 18.1. The quantitative estimate of drug-likeness (QED) is 0.695. The molecule has 1 saturated heterocycles. The Morgan fingerprint density at radius 3 is 3.07 bits per heavy atom. The van der Waals surface area contributed by atoms with Crippen LogP contribution in [0.3, 0.4) is 0 Å². The first kappa shape index (κ1) is 17.8. The van der Waals surface area contributed by atoms with E-state index in [4.69, 9.17) is 5.73 Å². The molecule has 0 radical (unpaired) electrons. The number of H-pyrrole nitrogens is 1. The average molecular weight is 369 g/mol. The summed E-state index contributed by atoms with van der Waals surface area (Å²) >= 11 is 0. The van der Waals surface area contributed by atoms with Crippen LogP contribution in [0.25, 0.3) is 11.3 Å². The van der Waals surface area contributed by atoms with Crippen molar-refractivity contribution in [2.45, 2.75) is 32.5 Å². The van der Waals surface area contributed by atoms with Crippen LogP contribution in [0, 0.1) is 11.7 Å². The first-order valence-electron chi connectivity index (χ1n) is 9.31. The number of likely N-dealkylation sites (tertiary alicyclic amines) is 1. The van der Waals surface area contributed by atoms with Crippen LogP contribution in [-0.2, 0) is 19.6 Å². The van der Waals surface area contributed by atoms with E-state index in [0.717, 1.165) is 55.1 Å². The van der Waals surface area contributed by atoms with E-state index in [1.807, 2.05) is 23.1 Å². The molecule has 0 saturated carbocycles. The van der Waals surface area contributed by atoms with Gasteiger partial charge >= 0.3 is 0 Å². The Hall–Kier alpha value is -2.58. The molecule has 3 N–H and O–H groups in total. The molecule has 8 heteroatoms. The summed E-state index contributed by atoms with van der Waals surface area (Å²) in [5.41, 5.74) is 9.24. The van der Waals surface area contributed by atoms with Gasteiger partial charge < -0.3 is 5.73 Å². The molecule has 1 aromatic carbocycles. The topological polar surface area (TPSA) is 88.6 Å². The highest BCUT2D eigenvalue weighted by Gasteiger charge is 2.22. The molecule has 1 aliphatic rings. The molecule has 4 rings (SSSR count). The second kappa shape index (κ2) is 7.98. The van der Waals surface area contributed by atoms with E-state index in [1.54, 1.807) is 6.07 Å². The molecular weight excluding hydrogens is 345 g/mol. The van der Waals surface area contributed by atoms with E-state index in [2.05, 4.69) is 25.4 Å². The van der Waals surface area contributed by atoms with Gasteiger partial charge in [-0.15, -0.1) is 5.10 Å². The minimum Gasteiger partial charge on any atom is -0.325 e. The highest BCUT2D eigenvalue weighted by Crippen LogP contribution is 2.25. The molecular formula is C19H24FN7. The maximum absolute atomic E-state index is 13.6. The number of hydrogen-bond donors (Lipinski definition) is 2.